The van der Waals surface area contributed by atoms with Gasteiger partial charge in [-0.15, -0.1) is 0 Å². The minimum atomic E-state index is -0.256. The highest BCUT2D eigenvalue weighted by Gasteiger charge is 2.13. The maximum Gasteiger partial charge on any atom is 0.319 e. The largest absolute Gasteiger partial charge is 0.476 e. The maximum atomic E-state index is 12.4. The summed E-state index contributed by atoms with van der Waals surface area (Å²) in [6.45, 7) is 4.56. The van der Waals surface area contributed by atoms with Crippen molar-refractivity contribution in [3.05, 3.63) is 36.0 Å². The quantitative estimate of drug-likeness (QED) is 0.841. The average Bonchev–Trinajstić information content (AvgIpc) is 2.57. The van der Waals surface area contributed by atoms with Crippen LogP contribution in [0.4, 0.5) is 11.4 Å². The summed E-state index contributed by atoms with van der Waals surface area (Å²) in [5.41, 5.74) is 1.96. The summed E-state index contributed by atoms with van der Waals surface area (Å²) in [5.74, 6) is 0.0308. The van der Waals surface area contributed by atoms with E-state index in [1.165, 1.54) is 6.20 Å². The van der Waals surface area contributed by atoms with Crippen molar-refractivity contribution < 1.29 is 14.3 Å². The van der Waals surface area contributed by atoms with Gasteiger partial charge in [-0.1, -0.05) is 0 Å². The van der Waals surface area contributed by atoms with Crippen molar-refractivity contribution in [3.8, 4) is 11.9 Å². The lowest BCUT2D eigenvalue weighted by Gasteiger charge is -2.13. The van der Waals surface area contributed by atoms with Crippen LogP contribution in [-0.4, -0.2) is 43.2 Å². The molecule has 1 amide bonds. The van der Waals surface area contributed by atoms with Gasteiger partial charge >= 0.3 is 6.01 Å². The molecular weight excluding hydrogens is 308 g/mol. The molecule has 0 fully saturated rings. The van der Waals surface area contributed by atoms with Gasteiger partial charge in [-0.25, -0.2) is 4.98 Å². The number of benzene rings is 1. The van der Waals surface area contributed by atoms with E-state index in [0.29, 0.717) is 24.5 Å². The van der Waals surface area contributed by atoms with Crippen molar-refractivity contribution in [2.45, 2.75) is 13.8 Å². The third-order valence-corrected chi connectivity index (χ3v) is 3.18. The summed E-state index contributed by atoms with van der Waals surface area (Å²) in [6.07, 6.45) is 1.48. The minimum Gasteiger partial charge on any atom is -0.476 e. The van der Waals surface area contributed by atoms with E-state index in [1.54, 1.807) is 12.1 Å². The SMILES string of the molecule is CCOc1ncc(NC(=O)c2ccc(N(C)C)cc2)c(OCC)n1. The van der Waals surface area contributed by atoms with Crippen LogP contribution in [0.15, 0.2) is 30.5 Å². The average molecular weight is 330 g/mol. The molecule has 0 atom stereocenters. The number of carbonyl (C=O) groups is 1. The monoisotopic (exact) mass is 330 g/mol. The number of anilines is 2. The molecule has 2 rings (SSSR count). The number of hydrogen-bond donors (Lipinski definition) is 1. The fraction of sp³-hybridized carbons (Fsp3) is 0.353. The Bertz CT molecular complexity index is 687. The second-order valence-electron chi connectivity index (χ2n) is 5.13. The van der Waals surface area contributed by atoms with Crippen LogP contribution in [0.3, 0.4) is 0 Å². The van der Waals surface area contributed by atoms with Crippen LogP contribution in [-0.2, 0) is 0 Å². The molecule has 0 radical (unpaired) electrons. The molecule has 0 saturated carbocycles. The van der Waals surface area contributed by atoms with E-state index in [1.807, 2.05) is 45.0 Å². The molecule has 0 saturated heterocycles. The second-order valence-corrected chi connectivity index (χ2v) is 5.13. The summed E-state index contributed by atoms with van der Waals surface area (Å²) >= 11 is 0. The Balaban J connectivity index is 2.18. The third-order valence-electron chi connectivity index (χ3n) is 3.18. The number of ether oxygens (including phenoxy) is 2. The van der Waals surface area contributed by atoms with E-state index < -0.39 is 0 Å². The van der Waals surface area contributed by atoms with Gasteiger partial charge in [-0.3, -0.25) is 4.79 Å². The summed E-state index contributed by atoms with van der Waals surface area (Å²) in [5, 5.41) is 2.77. The predicted octanol–water partition coefficient (Wildman–Crippen LogP) is 2.59. The van der Waals surface area contributed by atoms with Crippen molar-refractivity contribution in [3.63, 3.8) is 0 Å². The Kier molecular flexibility index (Phi) is 5.95. The van der Waals surface area contributed by atoms with E-state index in [-0.39, 0.29) is 17.8 Å². The lowest BCUT2D eigenvalue weighted by Crippen LogP contribution is -2.15. The number of hydrogen-bond acceptors (Lipinski definition) is 6. The van der Waals surface area contributed by atoms with Crippen LogP contribution in [0.2, 0.25) is 0 Å². The number of nitrogens with one attached hydrogen (secondary N) is 1. The number of rotatable bonds is 7. The summed E-state index contributed by atoms with van der Waals surface area (Å²) < 4.78 is 10.7. The Morgan fingerprint density at radius 1 is 1.12 bits per heavy atom. The first-order chi connectivity index (χ1) is 11.5. The highest BCUT2D eigenvalue weighted by molar-refractivity contribution is 6.04. The molecule has 1 heterocycles. The Morgan fingerprint density at radius 3 is 2.38 bits per heavy atom. The van der Waals surface area contributed by atoms with Gasteiger partial charge in [0.15, 0.2) is 0 Å². The van der Waals surface area contributed by atoms with Crippen LogP contribution in [0.25, 0.3) is 0 Å². The van der Waals surface area contributed by atoms with Gasteiger partial charge < -0.3 is 19.7 Å². The van der Waals surface area contributed by atoms with Crippen LogP contribution in [0.1, 0.15) is 24.2 Å². The van der Waals surface area contributed by atoms with Crippen molar-refractivity contribution in [2.24, 2.45) is 0 Å². The van der Waals surface area contributed by atoms with Crippen LogP contribution < -0.4 is 19.7 Å². The van der Waals surface area contributed by atoms with Crippen LogP contribution >= 0.6 is 0 Å². The Morgan fingerprint density at radius 2 is 1.79 bits per heavy atom. The molecule has 0 aliphatic rings. The summed E-state index contributed by atoms with van der Waals surface area (Å²) in [6, 6.07) is 7.51. The predicted molar refractivity (Wildman–Crippen MR) is 93.1 cm³/mol. The lowest BCUT2D eigenvalue weighted by molar-refractivity contribution is 0.102. The number of nitrogens with zero attached hydrogens (tertiary/aromatic N) is 3. The lowest BCUT2D eigenvalue weighted by atomic mass is 10.2. The van der Waals surface area contributed by atoms with E-state index >= 15 is 0 Å². The van der Waals surface area contributed by atoms with E-state index in [9.17, 15) is 4.79 Å². The molecule has 0 aliphatic carbocycles. The van der Waals surface area contributed by atoms with Gasteiger partial charge in [0.1, 0.15) is 5.69 Å². The molecule has 1 aromatic heterocycles. The standard InChI is InChI=1S/C17H22N4O3/c1-5-23-16-14(11-18-17(20-16)24-6-2)19-15(22)12-7-9-13(10-8-12)21(3)4/h7-11H,5-6H2,1-4H3,(H,19,22). The Hall–Kier alpha value is -2.83. The molecule has 1 N–H and O–H groups in total. The van der Waals surface area contributed by atoms with E-state index in [0.717, 1.165) is 5.69 Å². The number of amides is 1. The molecule has 0 spiro atoms. The first kappa shape index (κ1) is 17.5. The first-order valence-corrected chi connectivity index (χ1v) is 7.76. The molecule has 2 aromatic rings. The van der Waals surface area contributed by atoms with Gasteiger partial charge in [0, 0.05) is 25.3 Å². The summed E-state index contributed by atoms with van der Waals surface area (Å²) in [7, 11) is 3.89. The molecule has 128 valence electrons. The van der Waals surface area contributed by atoms with E-state index in [4.69, 9.17) is 9.47 Å². The highest BCUT2D eigenvalue weighted by atomic mass is 16.5. The number of aromatic nitrogens is 2. The molecule has 0 unspecified atom stereocenters. The second kappa shape index (κ2) is 8.14. The molecule has 1 aromatic carbocycles. The van der Waals surface area contributed by atoms with Gasteiger partial charge in [-0.05, 0) is 38.1 Å². The zero-order valence-electron chi connectivity index (χ0n) is 14.4. The normalized spacial score (nSPS) is 10.2. The first-order valence-electron chi connectivity index (χ1n) is 7.76. The topological polar surface area (TPSA) is 76.6 Å². The zero-order valence-corrected chi connectivity index (χ0v) is 14.4. The smallest absolute Gasteiger partial charge is 0.319 e. The van der Waals surface area contributed by atoms with Gasteiger partial charge in [0.25, 0.3) is 5.91 Å². The van der Waals surface area contributed by atoms with Crippen LogP contribution in [0.5, 0.6) is 11.9 Å². The molecule has 0 bridgehead atoms. The molecule has 7 heteroatoms. The van der Waals surface area contributed by atoms with Crippen molar-refractivity contribution in [2.75, 3.05) is 37.5 Å². The van der Waals surface area contributed by atoms with Gasteiger partial charge in [0.2, 0.25) is 5.88 Å². The van der Waals surface area contributed by atoms with Crippen LogP contribution in [0, 0.1) is 0 Å². The van der Waals surface area contributed by atoms with Gasteiger partial charge in [0.05, 0.1) is 19.4 Å². The maximum absolute atomic E-state index is 12.4. The zero-order chi connectivity index (χ0) is 17.5. The van der Waals surface area contributed by atoms with Gasteiger partial charge in [-0.2, -0.15) is 4.98 Å². The molecule has 24 heavy (non-hydrogen) atoms. The third kappa shape index (κ3) is 4.34. The summed E-state index contributed by atoms with van der Waals surface area (Å²) in [4.78, 5) is 22.6. The Labute approximate surface area is 141 Å². The minimum absolute atomic E-state index is 0.217. The number of carbonyl (C=O) groups excluding carboxylic acids is 1. The fourth-order valence-electron chi connectivity index (χ4n) is 1.99. The van der Waals surface area contributed by atoms with Crippen molar-refractivity contribution in [1.82, 2.24) is 9.97 Å². The van der Waals surface area contributed by atoms with E-state index in [2.05, 4.69) is 15.3 Å². The molecule has 0 aliphatic heterocycles. The molecular formula is C17H22N4O3. The fourth-order valence-corrected chi connectivity index (χ4v) is 1.99. The molecule has 7 nitrogen and oxygen atoms in total. The highest BCUT2D eigenvalue weighted by Crippen LogP contribution is 2.24. The van der Waals surface area contributed by atoms with Crippen molar-refractivity contribution in [1.29, 1.82) is 0 Å². The van der Waals surface area contributed by atoms with Crippen molar-refractivity contribution >= 4 is 17.3 Å².